The smallest absolute Gasteiger partial charge is 0.124 e. The Balaban J connectivity index is 2.05. The van der Waals surface area contributed by atoms with E-state index in [9.17, 15) is 9.50 Å². The Morgan fingerprint density at radius 2 is 2.28 bits per heavy atom. The number of likely N-dealkylation sites (tertiary alicyclic amines) is 1. The van der Waals surface area contributed by atoms with Gasteiger partial charge in [0.25, 0.3) is 0 Å². The molecule has 1 heterocycles. The Morgan fingerprint density at radius 1 is 1.44 bits per heavy atom. The lowest BCUT2D eigenvalue weighted by atomic mass is 9.98. The van der Waals surface area contributed by atoms with Crippen molar-refractivity contribution in [3.05, 3.63) is 35.1 Å². The molecule has 18 heavy (non-hydrogen) atoms. The van der Waals surface area contributed by atoms with Crippen molar-refractivity contribution in [2.45, 2.75) is 19.4 Å². The van der Waals surface area contributed by atoms with Crippen LogP contribution in [0.5, 0.6) is 0 Å². The molecule has 1 aliphatic rings. The van der Waals surface area contributed by atoms with Gasteiger partial charge in [0, 0.05) is 19.7 Å². The van der Waals surface area contributed by atoms with E-state index in [4.69, 9.17) is 5.26 Å². The van der Waals surface area contributed by atoms with Crippen LogP contribution in [-0.4, -0.2) is 29.7 Å². The SMILES string of the molecule is N#Cc1cc(F)cc(CN2CCCC(CO)C2)c1. The third-order valence-corrected chi connectivity index (χ3v) is 3.35. The minimum absolute atomic E-state index is 0.211. The molecule has 1 N–H and O–H groups in total. The molecule has 96 valence electrons. The summed E-state index contributed by atoms with van der Waals surface area (Å²) in [5.41, 5.74) is 1.19. The maximum Gasteiger partial charge on any atom is 0.124 e. The largest absolute Gasteiger partial charge is 0.396 e. The van der Waals surface area contributed by atoms with E-state index in [0.29, 0.717) is 18.0 Å². The Bertz CT molecular complexity index is 456. The van der Waals surface area contributed by atoms with Crippen LogP contribution in [0, 0.1) is 23.1 Å². The van der Waals surface area contributed by atoms with Crippen molar-refractivity contribution in [3.8, 4) is 6.07 Å². The molecule has 0 spiro atoms. The summed E-state index contributed by atoms with van der Waals surface area (Å²) in [5.74, 6) is -0.0393. The van der Waals surface area contributed by atoms with E-state index in [1.54, 1.807) is 6.07 Å². The van der Waals surface area contributed by atoms with Crippen molar-refractivity contribution in [3.63, 3.8) is 0 Å². The van der Waals surface area contributed by atoms with Crippen LogP contribution in [0.1, 0.15) is 24.0 Å². The molecule has 0 bridgehead atoms. The minimum atomic E-state index is -0.361. The van der Waals surface area contributed by atoms with Crippen LogP contribution >= 0.6 is 0 Å². The van der Waals surface area contributed by atoms with Gasteiger partial charge in [-0.1, -0.05) is 0 Å². The molecule has 1 aromatic rings. The molecule has 1 unspecified atom stereocenters. The second kappa shape index (κ2) is 5.94. The number of nitrogens with zero attached hydrogens (tertiary/aromatic N) is 2. The van der Waals surface area contributed by atoms with Crippen LogP contribution in [0.3, 0.4) is 0 Å². The highest BCUT2D eigenvalue weighted by Crippen LogP contribution is 2.19. The number of piperidine rings is 1. The molecule has 1 atom stereocenters. The van der Waals surface area contributed by atoms with Crippen molar-refractivity contribution in [2.24, 2.45) is 5.92 Å². The van der Waals surface area contributed by atoms with Gasteiger partial charge in [0.05, 0.1) is 11.6 Å². The van der Waals surface area contributed by atoms with Crippen molar-refractivity contribution in [1.29, 1.82) is 5.26 Å². The number of aliphatic hydroxyl groups is 1. The molecule has 1 aromatic carbocycles. The fraction of sp³-hybridized carbons (Fsp3) is 0.500. The van der Waals surface area contributed by atoms with Gasteiger partial charge in [-0.15, -0.1) is 0 Å². The van der Waals surface area contributed by atoms with E-state index in [-0.39, 0.29) is 12.4 Å². The number of benzene rings is 1. The monoisotopic (exact) mass is 248 g/mol. The van der Waals surface area contributed by atoms with Crippen LogP contribution in [0.4, 0.5) is 4.39 Å². The topological polar surface area (TPSA) is 47.3 Å². The molecule has 0 aromatic heterocycles. The average molecular weight is 248 g/mol. The first kappa shape index (κ1) is 13.0. The Labute approximate surface area is 106 Å². The molecule has 1 saturated heterocycles. The normalized spacial score (nSPS) is 20.6. The summed E-state index contributed by atoms with van der Waals surface area (Å²) in [4.78, 5) is 2.21. The number of hydrogen-bond donors (Lipinski definition) is 1. The summed E-state index contributed by atoms with van der Waals surface area (Å²) in [6.45, 7) is 2.66. The van der Waals surface area contributed by atoms with Gasteiger partial charge in [-0.05, 0) is 49.1 Å². The van der Waals surface area contributed by atoms with Crippen LogP contribution in [0.15, 0.2) is 18.2 Å². The molecule has 3 nitrogen and oxygen atoms in total. The fourth-order valence-electron chi connectivity index (χ4n) is 2.51. The lowest BCUT2D eigenvalue weighted by molar-refractivity contribution is 0.116. The van der Waals surface area contributed by atoms with E-state index in [2.05, 4.69) is 4.90 Å². The lowest BCUT2D eigenvalue weighted by Crippen LogP contribution is -2.36. The van der Waals surface area contributed by atoms with Crippen molar-refractivity contribution in [2.75, 3.05) is 19.7 Å². The van der Waals surface area contributed by atoms with Crippen LogP contribution in [0.25, 0.3) is 0 Å². The molecule has 0 aliphatic carbocycles. The molecule has 1 aliphatic heterocycles. The van der Waals surface area contributed by atoms with Gasteiger partial charge < -0.3 is 5.11 Å². The van der Waals surface area contributed by atoms with Gasteiger partial charge in [-0.2, -0.15) is 5.26 Å². The first-order valence-corrected chi connectivity index (χ1v) is 6.24. The first-order valence-electron chi connectivity index (χ1n) is 6.24. The summed E-state index contributed by atoms with van der Waals surface area (Å²) in [5, 5.41) is 18.0. The summed E-state index contributed by atoms with van der Waals surface area (Å²) in [6, 6.07) is 6.42. The predicted octanol–water partition coefficient (Wildman–Crippen LogP) is 1.90. The molecular weight excluding hydrogens is 231 g/mol. The number of aliphatic hydroxyl groups excluding tert-OH is 1. The highest BCUT2D eigenvalue weighted by molar-refractivity contribution is 5.33. The molecular formula is C14H17FN2O. The van der Waals surface area contributed by atoms with E-state index < -0.39 is 0 Å². The highest BCUT2D eigenvalue weighted by atomic mass is 19.1. The quantitative estimate of drug-likeness (QED) is 0.888. The van der Waals surface area contributed by atoms with Crippen LogP contribution in [-0.2, 0) is 6.54 Å². The summed E-state index contributed by atoms with van der Waals surface area (Å²) in [7, 11) is 0. The van der Waals surface area contributed by atoms with E-state index in [1.807, 2.05) is 6.07 Å². The molecule has 0 saturated carbocycles. The number of hydrogen-bond acceptors (Lipinski definition) is 3. The Morgan fingerprint density at radius 3 is 3.00 bits per heavy atom. The van der Waals surface area contributed by atoms with Gasteiger partial charge in [-0.3, -0.25) is 4.90 Å². The van der Waals surface area contributed by atoms with Gasteiger partial charge in [0.15, 0.2) is 0 Å². The number of rotatable bonds is 3. The fourth-order valence-corrected chi connectivity index (χ4v) is 2.51. The zero-order valence-electron chi connectivity index (χ0n) is 10.3. The number of nitriles is 1. The third kappa shape index (κ3) is 3.28. The number of halogens is 1. The first-order chi connectivity index (χ1) is 8.71. The molecule has 0 amide bonds. The van der Waals surface area contributed by atoms with Crippen molar-refractivity contribution >= 4 is 0 Å². The molecule has 1 fully saturated rings. The molecule has 4 heteroatoms. The average Bonchev–Trinajstić information content (AvgIpc) is 2.38. The lowest BCUT2D eigenvalue weighted by Gasteiger charge is -2.31. The summed E-state index contributed by atoms with van der Waals surface area (Å²) >= 11 is 0. The van der Waals surface area contributed by atoms with Gasteiger partial charge in [0.2, 0.25) is 0 Å². The van der Waals surface area contributed by atoms with Gasteiger partial charge in [0.1, 0.15) is 5.82 Å². The standard InChI is InChI=1S/C14H17FN2O/c15-14-5-12(7-16)4-13(6-14)9-17-3-1-2-11(8-17)10-18/h4-6,11,18H,1-3,8-10H2. The maximum absolute atomic E-state index is 13.3. The van der Waals surface area contributed by atoms with Crippen molar-refractivity contribution < 1.29 is 9.50 Å². The van der Waals surface area contributed by atoms with E-state index in [0.717, 1.165) is 31.5 Å². The predicted molar refractivity (Wildman–Crippen MR) is 66.2 cm³/mol. The highest BCUT2D eigenvalue weighted by Gasteiger charge is 2.19. The molecule has 0 radical (unpaired) electrons. The Kier molecular flexibility index (Phi) is 4.29. The zero-order valence-corrected chi connectivity index (χ0v) is 10.3. The minimum Gasteiger partial charge on any atom is -0.396 e. The third-order valence-electron chi connectivity index (χ3n) is 3.35. The molecule has 2 rings (SSSR count). The summed E-state index contributed by atoms with van der Waals surface area (Å²) in [6.07, 6.45) is 2.12. The van der Waals surface area contributed by atoms with E-state index in [1.165, 1.54) is 12.1 Å². The van der Waals surface area contributed by atoms with Crippen molar-refractivity contribution in [1.82, 2.24) is 4.90 Å². The van der Waals surface area contributed by atoms with E-state index >= 15 is 0 Å². The second-order valence-electron chi connectivity index (χ2n) is 4.89. The van der Waals surface area contributed by atoms with Crippen LogP contribution < -0.4 is 0 Å². The zero-order chi connectivity index (χ0) is 13.0. The summed E-state index contributed by atoms with van der Waals surface area (Å²) < 4.78 is 13.3. The Hall–Kier alpha value is -1.44. The maximum atomic E-state index is 13.3. The van der Waals surface area contributed by atoms with Gasteiger partial charge >= 0.3 is 0 Å². The van der Waals surface area contributed by atoms with Crippen LogP contribution in [0.2, 0.25) is 0 Å². The second-order valence-corrected chi connectivity index (χ2v) is 4.89. The van der Waals surface area contributed by atoms with Gasteiger partial charge in [-0.25, -0.2) is 4.39 Å².